The van der Waals surface area contributed by atoms with Crippen molar-refractivity contribution >= 4 is 17.7 Å². The lowest BCUT2D eigenvalue weighted by molar-refractivity contribution is -0.118. The van der Waals surface area contributed by atoms with Crippen molar-refractivity contribution in [3.8, 4) is 17.1 Å². The number of hydrogen-bond donors (Lipinski definition) is 1. The van der Waals surface area contributed by atoms with Crippen molar-refractivity contribution in [2.24, 2.45) is 7.05 Å². The smallest absolute Gasteiger partial charge is 0.230 e. The zero-order chi connectivity index (χ0) is 19.9. The van der Waals surface area contributed by atoms with Crippen LogP contribution in [0.2, 0.25) is 0 Å². The molecule has 0 aliphatic rings. The molecule has 0 saturated heterocycles. The number of carbonyl (C=O) groups is 1. The van der Waals surface area contributed by atoms with Crippen molar-refractivity contribution < 1.29 is 13.9 Å². The molecule has 3 aromatic rings. The van der Waals surface area contributed by atoms with Crippen molar-refractivity contribution in [2.75, 3.05) is 19.4 Å². The molecule has 1 amide bonds. The monoisotopic (exact) mass is 400 g/mol. The van der Waals surface area contributed by atoms with E-state index in [1.807, 2.05) is 35.9 Å². The average molecular weight is 400 g/mol. The third-order valence-electron chi connectivity index (χ3n) is 4.14. The zero-order valence-corrected chi connectivity index (χ0v) is 16.5. The molecule has 1 heterocycles. The number of halogens is 1. The van der Waals surface area contributed by atoms with Crippen LogP contribution in [0.5, 0.6) is 5.75 Å². The largest absolute Gasteiger partial charge is 0.497 e. The van der Waals surface area contributed by atoms with E-state index in [0.717, 1.165) is 16.9 Å². The van der Waals surface area contributed by atoms with Crippen LogP contribution in [0.4, 0.5) is 4.39 Å². The summed E-state index contributed by atoms with van der Waals surface area (Å²) in [4.78, 5) is 12.1. The molecule has 1 aromatic heterocycles. The molecule has 1 N–H and O–H groups in total. The molecule has 0 bridgehead atoms. The van der Waals surface area contributed by atoms with Crippen molar-refractivity contribution in [1.82, 2.24) is 20.1 Å². The highest BCUT2D eigenvalue weighted by Gasteiger charge is 2.13. The number of carbonyl (C=O) groups excluding carboxylic acids is 1. The molecule has 0 spiro atoms. The van der Waals surface area contributed by atoms with Crippen LogP contribution in [0, 0.1) is 5.82 Å². The van der Waals surface area contributed by atoms with E-state index in [9.17, 15) is 9.18 Å². The van der Waals surface area contributed by atoms with E-state index in [1.54, 1.807) is 19.2 Å². The first kappa shape index (κ1) is 19.9. The van der Waals surface area contributed by atoms with Gasteiger partial charge in [0.15, 0.2) is 11.0 Å². The van der Waals surface area contributed by atoms with Crippen molar-refractivity contribution in [3.63, 3.8) is 0 Å². The lowest BCUT2D eigenvalue weighted by atomic mass is 10.1. The summed E-state index contributed by atoms with van der Waals surface area (Å²) < 4.78 is 20.0. The predicted octanol–water partition coefficient (Wildman–Crippen LogP) is 3.08. The first-order chi connectivity index (χ1) is 13.6. The van der Waals surface area contributed by atoms with E-state index in [4.69, 9.17) is 4.74 Å². The third-order valence-corrected chi connectivity index (χ3v) is 5.16. The lowest BCUT2D eigenvalue weighted by Crippen LogP contribution is -2.27. The lowest BCUT2D eigenvalue weighted by Gasteiger charge is -2.07. The van der Waals surface area contributed by atoms with E-state index in [2.05, 4.69) is 15.5 Å². The Labute approximate surface area is 167 Å². The highest BCUT2D eigenvalue weighted by molar-refractivity contribution is 7.99. The Kier molecular flexibility index (Phi) is 6.65. The molecule has 8 heteroatoms. The average Bonchev–Trinajstić information content (AvgIpc) is 3.08. The molecule has 2 aromatic carbocycles. The number of nitrogens with one attached hydrogen (secondary N) is 1. The van der Waals surface area contributed by atoms with Gasteiger partial charge in [-0.1, -0.05) is 36.0 Å². The second kappa shape index (κ2) is 9.36. The number of benzene rings is 2. The summed E-state index contributed by atoms with van der Waals surface area (Å²) in [5.74, 6) is 1.35. The fourth-order valence-corrected chi connectivity index (χ4v) is 3.37. The van der Waals surface area contributed by atoms with Gasteiger partial charge in [0.2, 0.25) is 5.91 Å². The van der Waals surface area contributed by atoms with E-state index in [-0.39, 0.29) is 17.5 Å². The van der Waals surface area contributed by atoms with Gasteiger partial charge in [0.05, 0.1) is 12.9 Å². The summed E-state index contributed by atoms with van der Waals surface area (Å²) in [6.07, 6.45) is 0.653. The Morgan fingerprint density at radius 3 is 2.75 bits per heavy atom. The summed E-state index contributed by atoms with van der Waals surface area (Å²) in [7, 11) is 3.48. The fourth-order valence-electron chi connectivity index (χ4n) is 2.63. The summed E-state index contributed by atoms with van der Waals surface area (Å²) in [5.41, 5.74) is 1.87. The van der Waals surface area contributed by atoms with Crippen LogP contribution in [0.25, 0.3) is 11.4 Å². The Hall–Kier alpha value is -2.87. The molecular weight excluding hydrogens is 379 g/mol. The molecule has 3 rings (SSSR count). The number of ether oxygens (including phenoxy) is 1. The van der Waals surface area contributed by atoms with Crippen LogP contribution in [-0.2, 0) is 18.3 Å². The van der Waals surface area contributed by atoms with Crippen LogP contribution in [0.3, 0.4) is 0 Å². The number of methoxy groups -OCH3 is 1. The molecule has 0 atom stereocenters. The van der Waals surface area contributed by atoms with Gasteiger partial charge in [-0.25, -0.2) is 4.39 Å². The first-order valence-corrected chi connectivity index (χ1v) is 9.73. The number of rotatable bonds is 8. The third kappa shape index (κ3) is 5.10. The van der Waals surface area contributed by atoms with Crippen LogP contribution in [0.15, 0.2) is 53.7 Å². The number of nitrogens with zero attached hydrogens (tertiary/aromatic N) is 3. The predicted molar refractivity (Wildman–Crippen MR) is 107 cm³/mol. The Morgan fingerprint density at radius 1 is 1.21 bits per heavy atom. The topological polar surface area (TPSA) is 69.0 Å². The Bertz CT molecular complexity index is 944. The molecule has 6 nitrogen and oxygen atoms in total. The molecule has 146 valence electrons. The number of aromatic nitrogens is 3. The fraction of sp³-hybridized carbons (Fsp3) is 0.250. The maximum absolute atomic E-state index is 12.9. The second-order valence-corrected chi connectivity index (χ2v) is 7.05. The van der Waals surface area contributed by atoms with Gasteiger partial charge in [0.25, 0.3) is 0 Å². The molecule has 0 aliphatic heterocycles. The van der Waals surface area contributed by atoms with Crippen LogP contribution in [0.1, 0.15) is 5.56 Å². The van der Waals surface area contributed by atoms with Crippen molar-refractivity contribution in [1.29, 1.82) is 0 Å². The van der Waals surface area contributed by atoms with E-state index < -0.39 is 0 Å². The summed E-state index contributed by atoms with van der Waals surface area (Å²) >= 11 is 1.33. The number of amides is 1. The maximum Gasteiger partial charge on any atom is 0.230 e. The van der Waals surface area contributed by atoms with Gasteiger partial charge in [-0.2, -0.15) is 0 Å². The van der Waals surface area contributed by atoms with Gasteiger partial charge in [-0.15, -0.1) is 10.2 Å². The summed E-state index contributed by atoms with van der Waals surface area (Å²) in [5, 5.41) is 11.9. The Morgan fingerprint density at radius 2 is 2.00 bits per heavy atom. The van der Waals surface area contributed by atoms with Gasteiger partial charge in [-0.3, -0.25) is 4.79 Å². The quantitative estimate of drug-likeness (QED) is 0.589. The highest BCUT2D eigenvalue weighted by Crippen LogP contribution is 2.25. The number of thioether (sulfide) groups is 1. The van der Waals surface area contributed by atoms with Gasteiger partial charge >= 0.3 is 0 Å². The highest BCUT2D eigenvalue weighted by atomic mass is 32.2. The zero-order valence-electron chi connectivity index (χ0n) is 15.7. The van der Waals surface area contributed by atoms with E-state index in [0.29, 0.717) is 23.9 Å². The SMILES string of the molecule is COc1cccc(-c2nnc(SCC(=O)NCCc3ccc(F)cc3)n2C)c1. The van der Waals surface area contributed by atoms with Crippen LogP contribution < -0.4 is 10.1 Å². The second-order valence-electron chi connectivity index (χ2n) is 6.11. The minimum Gasteiger partial charge on any atom is -0.497 e. The van der Waals surface area contributed by atoms with Crippen molar-refractivity contribution in [2.45, 2.75) is 11.6 Å². The standard InChI is InChI=1S/C20H21FN4O2S/c1-25-19(15-4-3-5-17(12-15)27-2)23-24-20(25)28-13-18(26)22-11-10-14-6-8-16(21)9-7-14/h3-9,12H,10-11,13H2,1-2H3,(H,22,26). The minimum atomic E-state index is -0.263. The summed E-state index contributed by atoms with van der Waals surface area (Å²) in [6, 6.07) is 13.9. The number of hydrogen-bond acceptors (Lipinski definition) is 5. The Balaban J connectivity index is 1.51. The van der Waals surface area contributed by atoms with Crippen LogP contribution in [-0.4, -0.2) is 40.1 Å². The normalized spacial score (nSPS) is 10.7. The molecule has 0 aliphatic carbocycles. The van der Waals surface area contributed by atoms with Gasteiger partial charge in [-0.05, 0) is 36.2 Å². The van der Waals surface area contributed by atoms with Crippen LogP contribution >= 0.6 is 11.8 Å². The van der Waals surface area contributed by atoms with Crippen molar-refractivity contribution in [3.05, 3.63) is 59.9 Å². The minimum absolute atomic E-state index is 0.0851. The molecule has 28 heavy (non-hydrogen) atoms. The van der Waals surface area contributed by atoms with Gasteiger partial charge < -0.3 is 14.6 Å². The van der Waals surface area contributed by atoms with Gasteiger partial charge in [0, 0.05) is 19.2 Å². The molecular formula is C20H21FN4O2S. The molecule has 0 unspecified atom stereocenters. The van der Waals surface area contributed by atoms with E-state index >= 15 is 0 Å². The van der Waals surface area contributed by atoms with Gasteiger partial charge in [0.1, 0.15) is 11.6 Å². The molecule has 0 fully saturated rings. The first-order valence-electron chi connectivity index (χ1n) is 8.74. The van der Waals surface area contributed by atoms with E-state index in [1.165, 1.54) is 23.9 Å². The summed E-state index contributed by atoms with van der Waals surface area (Å²) in [6.45, 7) is 0.499. The maximum atomic E-state index is 12.9. The molecule has 0 saturated carbocycles. The molecule has 0 radical (unpaired) electrons.